The Bertz CT molecular complexity index is 454. The number of aliphatic carboxylic acids is 2. The van der Waals surface area contributed by atoms with Gasteiger partial charge in [-0.25, -0.2) is 9.59 Å². The molecule has 0 fully saturated rings. The lowest BCUT2D eigenvalue weighted by Crippen LogP contribution is -2.21. The Balaban J connectivity index is 0.000000232. The zero-order valence-corrected chi connectivity index (χ0v) is 9.71. The molecule has 1 aliphatic heterocycles. The van der Waals surface area contributed by atoms with Gasteiger partial charge in [-0.15, -0.1) is 0 Å². The molecule has 2 heterocycles. The fraction of sp³-hybridized carbons (Fsp3) is 0.400. The molecular formula is C10H13N3O5. The molecule has 98 valence electrons. The zero-order chi connectivity index (χ0) is 13.5. The van der Waals surface area contributed by atoms with E-state index in [-0.39, 0.29) is 0 Å². The molecule has 0 aromatic carbocycles. The molecule has 0 radical (unpaired) electrons. The van der Waals surface area contributed by atoms with E-state index in [0.717, 1.165) is 25.1 Å². The normalized spacial score (nSPS) is 14.2. The summed E-state index contributed by atoms with van der Waals surface area (Å²) in [5, 5.41) is 21.8. The maximum atomic E-state index is 9.10. The highest BCUT2D eigenvalue weighted by molar-refractivity contribution is 6.27. The average molecular weight is 255 g/mol. The van der Waals surface area contributed by atoms with Crippen molar-refractivity contribution in [3.05, 3.63) is 17.8 Å². The molecular weight excluding hydrogens is 242 g/mol. The molecule has 1 aromatic rings. The van der Waals surface area contributed by atoms with E-state index in [0.29, 0.717) is 11.7 Å². The van der Waals surface area contributed by atoms with Crippen molar-refractivity contribution in [2.75, 3.05) is 13.1 Å². The van der Waals surface area contributed by atoms with E-state index < -0.39 is 11.9 Å². The molecule has 0 saturated carbocycles. The number of carboxylic acid groups (broad SMARTS) is 2. The van der Waals surface area contributed by atoms with Crippen LogP contribution in [0.2, 0.25) is 0 Å². The number of carbonyl (C=O) groups is 2. The van der Waals surface area contributed by atoms with E-state index in [2.05, 4.69) is 21.5 Å². The highest BCUT2D eigenvalue weighted by Crippen LogP contribution is 2.13. The monoisotopic (exact) mass is 255 g/mol. The quantitative estimate of drug-likeness (QED) is 0.594. The minimum absolute atomic E-state index is 0.653. The van der Waals surface area contributed by atoms with E-state index >= 15 is 0 Å². The summed E-state index contributed by atoms with van der Waals surface area (Å²) < 4.78 is 5.03. The second kappa shape index (κ2) is 6.50. The molecule has 0 amide bonds. The van der Waals surface area contributed by atoms with Crippen LogP contribution in [0.1, 0.15) is 18.1 Å². The third kappa shape index (κ3) is 4.34. The van der Waals surface area contributed by atoms with Gasteiger partial charge in [-0.3, -0.25) is 0 Å². The zero-order valence-electron chi connectivity index (χ0n) is 9.71. The van der Waals surface area contributed by atoms with E-state index in [1.165, 1.54) is 0 Å². The Labute approximate surface area is 102 Å². The number of rotatable bonds is 1. The van der Waals surface area contributed by atoms with Crippen molar-refractivity contribution in [2.45, 2.75) is 13.3 Å². The van der Waals surface area contributed by atoms with Crippen LogP contribution in [0.15, 0.2) is 10.6 Å². The summed E-state index contributed by atoms with van der Waals surface area (Å²) in [4.78, 5) is 22.3. The van der Waals surface area contributed by atoms with Crippen molar-refractivity contribution in [1.29, 1.82) is 0 Å². The molecule has 8 nitrogen and oxygen atoms in total. The van der Waals surface area contributed by atoms with Gasteiger partial charge in [0, 0.05) is 12.1 Å². The summed E-state index contributed by atoms with van der Waals surface area (Å²) in [5.41, 5.74) is 1.11. The molecule has 0 saturated heterocycles. The highest BCUT2D eigenvalue weighted by atomic mass is 16.5. The summed E-state index contributed by atoms with van der Waals surface area (Å²) in [6, 6.07) is 0. The first-order chi connectivity index (χ1) is 8.50. The maximum absolute atomic E-state index is 9.10. The van der Waals surface area contributed by atoms with Crippen LogP contribution in [0.4, 0.5) is 0 Å². The standard InChI is InChI=1S/C8H11N3O.C2H2O4/c1-6-10-8(12-11-6)7-3-2-4-9-5-7;3-1(4)2(5)6/h3,9H,2,4-5H2,1H3;(H,3,4)(H,5,6). The Morgan fingerprint density at radius 3 is 2.44 bits per heavy atom. The SMILES string of the molecule is Cc1noc(C2=CCCNC2)n1.O=C(O)C(=O)O. The van der Waals surface area contributed by atoms with Crippen molar-refractivity contribution in [2.24, 2.45) is 0 Å². The predicted molar refractivity (Wildman–Crippen MR) is 59.8 cm³/mol. The van der Waals surface area contributed by atoms with Crippen LogP contribution in [0, 0.1) is 6.92 Å². The van der Waals surface area contributed by atoms with Crippen molar-refractivity contribution >= 4 is 17.5 Å². The molecule has 0 atom stereocenters. The lowest BCUT2D eigenvalue weighted by atomic mass is 10.1. The topological polar surface area (TPSA) is 126 Å². The predicted octanol–water partition coefficient (Wildman–Crippen LogP) is -0.0897. The molecule has 1 aliphatic rings. The first-order valence-electron chi connectivity index (χ1n) is 5.17. The van der Waals surface area contributed by atoms with Crippen LogP contribution in [-0.4, -0.2) is 45.4 Å². The molecule has 3 N–H and O–H groups in total. The van der Waals surface area contributed by atoms with Gasteiger partial charge in [0.2, 0.25) is 0 Å². The summed E-state index contributed by atoms with van der Waals surface area (Å²) in [6.45, 7) is 3.70. The van der Waals surface area contributed by atoms with Crippen molar-refractivity contribution in [1.82, 2.24) is 15.5 Å². The third-order valence-corrected chi connectivity index (χ3v) is 2.01. The van der Waals surface area contributed by atoms with Gasteiger partial charge in [0.05, 0.1) is 0 Å². The molecule has 2 rings (SSSR count). The molecule has 0 spiro atoms. The van der Waals surface area contributed by atoms with Gasteiger partial charge in [0.15, 0.2) is 5.82 Å². The summed E-state index contributed by atoms with van der Waals surface area (Å²) >= 11 is 0. The second-order valence-electron chi connectivity index (χ2n) is 3.45. The largest absolute Gasteiger partial charge is 0.473 e. The number of nitrogens with zero attached hydrogens (tertiary/aromatic N) is 2. The van der Waals surface area contributed by atoms with Gasteiger partial charge in [-0.1, -0.05) is 11.2 Å². The summed E-state index contributed by atoms with van der Waals surface area (Å²) in [6.07, 6.45) is 3.18. The molecule has 18 heavy (non-hydrogen) atoms. The Morgan fingerprint density at radius 1 is 1.39 bits per heavy atom. The average Bonchev–Trinajstić information content (AvgIpc) is 2.78. The van der Waals surface area contributed by atoms with Gasteiger partial charge >= 0.3 is 11.9 Å². The lowest BCUT2D eigenvalue weighted by Gasteiger charge is -2.09. The molecule has 8 heteroatoms. The fourth-order valence-corrected chi connectivity index (χ4v) is 1.23. The number of carboxylic acids is 2. The van der Waals surface area contributed by atoms with E-state index in [9.17, 15) is 0 Å². The Hall–Kier alpha value is -2.22. The number of aromatic nitrogens is 2. The molecule has 0 bridgehead atoms. The van der Waals surface area contributed by atoms with Crippen LogP contribution in [0.3, 0.4) is 0 Å². The Kier molecular flexibility index (Phi) is 5.00. The van der Waals surface area contributed by atoms with Gasteiger partial charge in [0.1, 0.15) is 0 Å². The van der Waals surface area contributed by atoms with Crippen LogP contribution in [0.25, 0.3) is 5.57 Å². The van der Waals surface area contributed by atoms with Gasteiger partial charge in [-0.2, -0.15) is 4.98 Å². The number of hydrogen-bond acceptors (Lipinski definition) is 6. The first kappa shape index (κ1) is 13.8. The lowest BCUT2D eigenvalue weighted by molar-refractivity contribution is -0.159. The third-order valence-electron chi connectivity index (χ3n) is 2.01. The van der Waals surface area contributed by atoms with Gasteiger partial charge in [-0.05, 0) is 19.9 Å². The van der Waals surface area contributed by atoms with Crippen LogP contribution in [0.5, 0.6) is 0 Å². The first-order valence-corrected chi connectivity index (χ1v) is 5.17. The summed E-state index contributed by atoms with van der Waals surface area (Å²) in [5.74, 6) is -2.30. The Morgan fingerprint density at radius 2 is 2.06 bits per heavy atom. The number of aryl methyl sites for hydroxylation is 1. The van der Waals surface area contributed by atoms with Crippen LogP contribution in [-0.2, 0) is 9.59 Å². The maximum Gasteiger partial charge on any atom is 0.414 e. The molecule has 0 unspecified atom stereocenters. The fourth-order valence-electron chi connectivity index (χ4n) is 1.23. The second-order valence-corrected chi connectivity index (χ2v) is 3.45. The number of hydrogen-bond donors (Lipinski definition) is 3. The smallest absolute Gasteiger partial charge is 0.414 e. The molecule has 0 aliphatic carbocycles. The minimum Gasteiger partial charge on any atom is -0.473 e. The minimum atomic E-state index is -1.82. The van der Waals surface area contributed by atoms with Gasteiger partial charge in [0.25, 0.3) is 5.89 Å². The van der Waals surface area contributed by atoms with Crippen molar-refractivity contribution < 1.29 is 24.3 Å². The van der Waals surface area contributed by atoms with E-state index in [1.54, 1.807) is 0 Å². The van der Waals surface area contributed by atoms with Crippen LogP contribution >= 0.6 is 0 Å². The van der Waals surface area contributed by atoms with Gasteiger partial charge < -0.3 is 20.1 Å². The van der Waals surface area contributed by atoms with Crippen LogP contribution < -0.4 is 5.32 Å². The number of nitrogens with one attached hydrogen (secondary N) is 1. The summed E-state index contributed by atoms with van der Waals surface area (Å²) in [7, 11) is 0. The van der Waals surface area contributed by atoms with Crippen molar-refractivity contribution in [3.8, 4) is 0 Å². The highest BCUT2D eigenvalue weighted by Gasteiger charge is 2.11. The molecule has 1 aromatic heterocycles. The van der Waals surface area contributed by atoms with E-state index in [1.807, 2.05) is 6.92 Å². The van der Waals surface area contributed by atoms with Crippen molar-refractivity contribution in [3.63, 3.8) is 0 Å². The van der Waals surface area contributed by atoms with E-state index in [4.69, 9.17) is 24.3 Å².